The van der Waals surface area contributed by atoms with Gasteiger partial charge in [-0.1, -0.05) is 64.5 Å². The zero-order chi connectivity index (χ0) is 28.1. The Balaban J connectivity index is 1.28. The van der Waals surface area contributed by atoms with Gasteiger partial charge in [-0.3, -0.25) is 19.3 Å². The van der Waals surface area contributed by atoms with Crippen molar-refractivity contribution in [2.75, 3.05) is 18.5 Å². The van der Waals surface area contributed by atoms with Gasteiger partial charge in [-0.05, 0) is 83.1 Å². The Hall–Kier alpha value is -4.08. The van der Waals surface area contributed by atoms with Crippen LogP contribution in [0, 0.1) is 0 Å². The van der Waals surface area contributed by atoms with Gasteiger partial charge in [0.1, 0.15) is 13.2 Å². The molecule has 202 valence electrons. The van der Waals surface area contributed by atoms with E-state index in [1.807, 2.05) is 31.2 Å². The summed E-state index contributed by atoms with van der Waals surface area (Å²) in [5.41, 5.74) is 2.30. The lowest BCUT2D eigenvalue weighted by atomic mass is 10.1. The number of carbonyl (C=O) groups excluding carboxylic acids is 3. The number of nitrogens with one attached hydrogen (secondary N) is 1. The Morgan fingerprint density at radius 2 is 1.73 bits per heavy atom. The van der Waals surface area contributed by atoms with Crippen molar-refractivity contribution in [2.24, 2.45) is 0 Å². The highest BCUT2D eigenvalue weighted by atomic mass is 79.9. The van der Waals surface area contributed by atoms with Crippen LogP contribution in [0.3, 0.4) is 0 Å². The van der Waals surface area contributed by atoms with E-state index in [0.717, 1.165) is 37.5 Å². The molecule has 0 radical (unpaired) electrons. The molecule has 40 heavy (non-hydrogen) atoms. The first-order valence-electron chi connectivity index (χ1n) is 12.6. The van der Waals surface area contributed by atoms with Crippen LogP contribution in [0.25, 0.3) is 16.8 Å². The van der Waals surface area contributed by atoms with Gasteiger partial charge in [0.2, 0.25) is 5.91 Å². The number of anilines is 1. The third-order valence-electron chi connectivity index (χ3n) is 6.13. The largest absolute Gasteiger partial charge is 0.490 e. The monoisotopic (exact) mass is 616 g/mol. The van der Waals surface area contributed by atoms with E-state index in [1.165, 1.54) is 0 Å². The van der Waals surface area contributed by atoms with Crippen molar-refractivity contribution in [3.05, 3.63) is 105 Å². The van der Waals surface area contributed by atoms with Crippen molar-refractivity contribution in [1.29, 1.82) is 0 Å². The maximum absolute atomic E-state index is 13.0. The van der Waals surface area contributed by atoms with Gasteiger partial charge >= 0.3 is 0 Å². The summed E-state index contributed by atoms with van der Waals surface area (Å²) in [7, 11) is 0. The number of rotatable bonds is 9. The number of halogens is 1. The minimum atomic E-state index is -0.518. The molecule has 1 aliphatic rings. The molecule has 1 N–H and O–H groups in total. The van der Waals surface area contributed by atoms with Gasteiger partial charge in [0, 0.05) is 10.2 Å². The number of imide groups is 1. The minimum absolute atomic E-state index is 0.230. The number of hydrogen-bond donors (Lipinski definition) is 1. The normalized spacial score (nSPS) is 14.2. The Morgan fingerprint density at radius 1 is 0.950 bits per heavy atom. The average molecular weight is 618 g/mol. The molecule has 4 aromatic rings. The van der Waals surface area contributed by atoms with Crippen molar-refractivity contribution in [3.8, 4) is 11.5 Å². The summed E-state index contributed by atoms with van der Waals surface area (Å²) in [5, 5.41) is 4.47. The fourth-order valence-corrected chi connectivity index (χ4v) is 5.34. The molecule has 7 nitrogen and oxygen atoms in total. The van der Waals surface area contributed by atoms with Gasteiger partial charge in [-0.25, -0.2) is 0 Å². The summed E-state index contributed by atoms with van der Waals surface area (Å²) < 4.78 is 12.8. The van der Waals surface area contributed by atoms with E-state index in [4.69, 9.17) is 9.47 Å². The van der Waals surface area contributed by atoms with E-state index in [2.05, 4.69) is 39.4 Å². The molecular weight excluding hydrogens is 592 g/mol. The highest BCUT2D eigenvalue weighted by Crippen LogP contribution is 2.35. The molecule has 0 saturated carbocycles. The summed E-state index contributed by atoms with van der Waals surface area (Å²) in [6, 6.07) is 26.6. The zero-order valence-electron chi connectivity index (χ0n) is 21.6. The predicted molar refractivity (Wildman–Crippen MR) is 161 cm³/mol. The summed E-state index contributed by atoms with van der Waals surface area (Å²) in [6.45, 7) is 2.30. The smallest absolute Gasteiger partial charge is 0.294 e. The first-order chi connectivity index (χ1) is 19.4. The summed E-state index contributed by atoms with van der Waals surface area (Å²) in [4.78, 5) is 39.2. The number of thioether (sulfide) groups is 1. The fraction of sp³-hybridized carbons (Fsp3) is 0.129. The van der Waals surface area contributed by atoms with Gasteiger partial charge in [0.05, 0.1) is 11.5 Å². The van der Waals surface area contributed by atoms with Crippen LogP contribution in [0.4, 0.5) is 10.5 Å². The van der Waals surface area contributed by atoms with Crippen LogP contribution in [0.1, 0.15) is 18.1 Å². The molecule has 1 aliphatic heterocycles. The molecule has 1 fully saturated rings. The number of hydrogen-bond acceptors (Lipinski definition) is 6. The second-order valence-electron chi connectivity index (χ2n) is 8.89. The summed E-state index contributed by atoms with van der Waals surface area (Å²) in [5.74, 6) is 0.127. The average Bonchev–Trinajstić information content (AvgIpc) is 3.21. The lowest BCUT2D eigenvalue weighted by Crippen LogP contribution is -2.36. The molecule has 0 unspecified atom stereocenters. The molecular formula is C31H25BrN2O5S. The topological polar surface area (TPSA) is 84.9 Å². The number of nitrogens with zero attached hydrogens (tertiary/aromatic N) is 1. The van der Waals surface area contributed by atoms with Crippen molar-refractivity contribution >= 4 is 67.3 Å². The van der Waals surface area contributed by atoms with Crippen LogP contribution < -0.4 is 14.8 Å². The highest BCUT2D eigenvalue weighted by Gasteiger charge is 2.36. The van der Waals surface area contributed by atoms with Crippen LogP contribution in [0.2, 0.25) is 0 Å². The van der Waals surface area contributed by atoms with E-state index >= 15 is 0 Å². The van der Waals surface area contributed by atoms with Gasteiger partial charge in [0.15, 0.2) is 11.5 Å². The molecule has 3 amide bonds. The molecule has 9 heteroatoms. The van der Waals surface area contributed by atoms with E-state index in [0.29, 0.717) is 36.0 Å². The molecule has 4 aromatic carbocycles. The van der Waals surface area contributed by atoms with E-state index in [1.54, 1.807) is 48.5 Å². The van der Waals surface area contributed by atoms with E-state index < -0.39 is 17.1 Å². The highest BCUT2D eigenvalue weighted by molar-refractivity contribution is 9.10. The number of carbonyl (C=O) groups is 3. The Kier molecular flexibility index (Phi) is 8.52. The molecule has 0 bridgehead atoms. The van der Waals surface area contributed by atoms with Gasteiger partial charge < -0.3 is 14.8 Å². The third kappa shape index (κ3) is 6.38. The maximum atomic E-state index is 13.0. The van der Waals surface area contributed by atoms with Crippen molar-refractivity contribution < 1.29 is 23.9 Å². The second-order valence-corrected chi connectivity index (χ2v) is 10.8. The van der Waals surface area contributed by atoms with Gasteiger partial charge in [-0.15, -0.1) is 0 Å². The van der Waals surface area contributed by atoms with Gasteiger partial charge in [-0.2, -0.15) is 0 Å². The zero-order valence-corrected chi connectivity index (χ0v) is 24.0. The van der Waals surface area contributed by atoms with Crippen molar-refractivity contribution in [2.45, 2.75) is 13.5 Å². The molecule has 0 atom stereocenters. The Morgan fingerprint density at radius 3 is 2.52 bits per heavy atom. The standard InChI is InChI=1S/C31H25BrN2O5S/c1-2-38-27-16-20(10-15-26(27)39-19-22-8-5-7-21-6-3-4-9-25(21)22)17-28-30(36)34(31(37)40-28)18-29(35)33-24-13-11-23(32)12-14-24/h3-17H,2,18-19H2,1H3,(H,33,35)/b28-17+. The fourth-order valence-electron chi connectivity index (χ4n) is 4.24. The van der Waals surface area contributed by atoms with Crippen molar-refractivity contribution in [3.63, 3.8) is 0 Å². The molecule has 0 spiro atoms. The first-order valence-corrected chi connectivity index (χ1v) is 14.2. The molecule has 1 saturated heterocycles. The second kappa shape index (κ2) is 12.4. The third-order valence-corrected chi connectivity index (χ3v) is 7.57. The number of benzene rings is 4. The van der Waals surface area contributed by atoms with Crippen LogP contribution in [-0.2, 0) is 16.2 Å². The molecule has 1 heterocycles. The minimum Gasteiger partial charge on any atom is -0.490 e. The Bertz CT molecular complexity index is 1610. The van der Waals surface area contributed by atoms with E-state index in [9.17, 15) is 14.4 Å². The summed E-state index contributed by atoms with van der Waals surface area (Å²) >= 11 is 4.14. The summed E-state index contributed by atoms with van der Waals surface area (Å²) in [6.07, 6.45) is 1.62. The molecule has 0 aliphatic carbocycles. The lowest BCUT2D eigenvalue weighted by Gasteiger charge is -2.14. The number of fused-ring (bicyclic) bond motifs is 1. The maximum Gasteiger partial charge on any atom is 0.294 e. The Labute approximate surface area is 244 Å². The quantitative estimate of drug-likeness (QED) is 0.199. The van der Waals surface area contributed by atoms with Crippen LogP contribution in [-0.4, -0.2) is 35.1 Å². The van der Waals surface area contributed by atoms with Crippen LogP contribution in [0.15, 0.2) is 94.3 Å². The van der Waals surface area contributed by atoms with Gasteiger partial charge in [0.25, 0.3) is 11.1 Å². The lowest BCUT2D eigenvalue weighted by molar-refractivity contribution is -0.127. The number of ether oxygens (including phenoxy) is 2. The molecule has 0 aromatic heterocycles. The predicted octanol–water partition coefficient (Wildman–Crippen LogP) is 7.26. The van der Waals surface area contributed by atoms with E-state index in [-0.39, 0.29) is 11.4 Å². The van der Waals surface area contributed by atoms with Crippen LogP contribution >= 0.6 is 27.7 Å². The van der Waals surface area contributed by atoms with Crippen molar-refractivity contribution in [1.82, 2.24) is 4.90 Å². The number of amides is 3. The van der Waals surface area contributed by atoms with Crippen LogP contribution in [0.5, 0.6) is 11.5 Å². The SMILES string of the molecule is CCOc1cc(/C=C2/SC(=O)N(CC(=O)Nc3ccc(Br)cc3)C2=O)ccc1OCc1cccc2ccccc12. The first kappa shape index (κ1) is 27.5. The molecule has 5 rings (SSSR count).